The number of anilines is 1. The van der Waals surface area contributed by atoms with Gasteiger partial charge >= 0.3 is 5.97 Å². The SMILES string of the molecule is CCOC(=O)c1ccsc1NC(=O)C1CCCN(S(=O)(=O)c2ccc(C)cc2)C1. The van der Waals surface area contributed by atoms with Crippen LogP contribution in [0.1, 0.15) is 35.7 Å². The van der Waals surface area contributed by atoms with E-state index in [1.807, 2.05) is 6.92 Å². The quantitative estimate of drug-likeness (QED) is 0.702. The summed E-state index contributed by atoms with van der Waals surface area (Å²) >= 11 is 1.24. The van der Waals surface area contributed by atoms with Crippen molar-refractivity contribution >= 4 is 38.2 Å². The lowest BCUT2D eigenvalue weighted by Gasteiger charge is -2.31. The van der Waals surface area contributed by atoms with Gasteiger partial charge in [0.15, 0.2) is 0 Å². The third kappa shape index (κ3) is 4.85. The second-order valence-corrected chi connectivity index (χ2v) is 9.74. The fraction of sp³-hybridized carbons (Fsp3) is 0.400. The number of ether oxygens (including phenoxy) is 1. The Kier molecular flexibility index (Phi) is 6.71. The lowest BCUT2D eigenvalue weighted by Crippen LogP contribution is -2.43. The number of carbonyl (C=O) groups is 2. The molecule has 9 heteroatoms. The summed E-state index contributed by atoms with van der Waals surface area (Å²) in [7, 11) is -3.65. The molecule has 1 aromatic heterocycles. The number of hydrogen-bond acceptors (Lipinski definition) is 6. The van der Waals surface area contributed by atoms with E-state index in [2.05, 4.69) is 5.32 Å². The number of benzene rings is 1. The highest BCUT2D eigenvalue weighted by atomic mass is 32.2. The molecule has 0 spiro atoms. The highest BCUT2D eigenvalue weighted by Gasteiger charge is 2.33. The molecule has 1 saturated heterocycles. The van der Waals surface area contributed by atoms with Crippen molar-refractivity contribution in [1.29, 1.82) is 0 Å². The monoisotopic (exact) mass is 436 g/mol. The number of aryl methyl sites for hydroxylation is 1. The Morgan fingerprint density at radius 1 is 1.24 bits per heavy atom. The molecule has 3 rings (SSSR count). The summed E-state index contributed by atoms with van der Waals surface area (Å²) in [5.74, 6) is -1.26. The van der Waals surface area contributed by atoms with Gasteiger partial charge < -0.3 is 10.1 Å². The van der Waals surface area contributed by atoms with Gasteiger partial charge in [-0.2, -0.15) is 4.31 Å². The van der Waals surface area contributed by atoms with Crippen molar-refractivity contribution < 1.29 is 22.7 Å². The van der Waals surface area contributed by atoms with Crippen LogP contribution in [0.3, 0.4) is 0 Å². The minimum absolute atomic E-state index is 0.113. The summed E-state index contributed by atoms with van der Waals surface area (Å²) in [6.45, 7) is 4.35. The van der Waals surface area contributed by atoms with Crippen LogP contribution in [0, 0.1) is 12.8 Å². The predicted octanol–water partition coefficient (Wildman–Crippen LogP) is 3.27. The summed E-state index contributed by atoms with van der Waals surface area (Å²) < 4.78 is 32.2. The molecule has 1 aliphatic rings. The zero-order valence-corrected chi connectivity index (χ0v) is 18.0. The first-order chi connectivity index (χ1) is 13.8. The fourth-order valence-electron chi connectivity index (χ4n) is 3.22. The molecular weight excluding hydrogens is 412 g/mol. The van der Waals surface area contributed by atoms with Crippen molar-refractivity contribution in [2.75, 3.05) is 25.0 Å². The largest absolute Gasteiger partial charge is 0.462 e. The van der Waals surface area contributed by atoms with Crippen LogP contribution in [-0.2, 0) is 19.6 Å². The summed E-state index contributed by atoms with van der Waals surface area (Å²) in [5.41, 5.74) is 1.29. The zero-order valence-electron chi connectivity index (χ0n) is 16.4. The van der Waals surface area contributed by atoms with E-state index in [0.717, 1.165) is 5.56 Å². The fourth-order valence-corrected chi connectivity index (χ4v) is 5.53. The van der Waals surface area contributed by atoms with Crippen molar-refractivity contribution in [2.24, 2.45) is 5.92 Å². The maximum absolute atomic E-state index is 12.9. The highest BCUT2D eigenvalue weighted by Crippen LogP contribution is 2.28. The second-order valence-electron chi connectivity index (χ2n) is 6.89. The number of amides is 1. The third-order valence-corrected chi connectivity index (χ3v) is 7.52. The van der Waals surface area contributed by atoms with Crippen LogP contribution in [0.15, 0.2) is 40.6 Å². The van der Waals surface area contributed by atoms with Crippen LogP contribution in [0.4, 0.5) is 5.00 Å². The summed E-state index contributed by atoms with van der Waals surface area (Å²) in [4.78, 5) is 25.0. The average Bonchev–Trinajstić information content (AvgIpc) is 3.17. The normalized spacial score (nSPS) is 17.7. The van der Waals surface area contributed by atoms with Gasteiger partial charge in [-0.15, -0.1) is 11.3 Å². The molecule has 156 valence electrons. The average molecular weight is 437 g/mol. The molecule has 1 fully saturated rings. The van der Waals surface area contributed by atoms with E-state index in [4.69, 9.17) is 4.74 Å². The van der Waals surface area contributed by atoms with Gasteiger partial charge in [-0.1, -0.05) is 17.7 Å². The van der Waals surface area contributed by atoms with E-state index in [-0.39, 0.29) is 24.0 Å². The van der Waals surface area contributed by atoms with Gasteiger partial charge in [-0.05, 0) is 50.3 Å². The van der Waals surface area contributed by atoms with E-state index in [1.165, 1.54) is 15.6 Å². The minimum atomic E-state index is -3.65. The second kappa shape index (κ2) is 9.06. The lowest BCUT2D eigenvalue weighted by molar-refractivity contribution is -0.120. The van der Waals surface area contributed by atoms with Crippen molar-refractivity contribution in [3.63, 3.8) is 0 Å². The predicted molar refractivity (Wildman–Crippen MR) is 112 cm³/mol. The molecule has 7 nitrogen and oxygen atoms in total. The Labute approximate surface area is 174 Å². The van der Waals surface area contributed by atoms with E-state index in [1.54, 1.807) is 42.6 Å². The number of piperidine rings is 1. The van der Waals surface area contributed by atoms with Gasteiger partial charge in [-0.3, -0.25) is 4.79 Å². The molecule has 1 N–H and O–H groups in total. The number of carbonyl (C=O) groups excluding carboxylic acids is 2. The number of rotatable bonds is 6. The topological polar surface area (TPSA) is 92.8 Å². The van der Waals surface area contributed by atoms with Crippen LogP contribution in [0.25, 0.3) is 0 Å². The maximum Gasteiger partial charge on any atom is 0.341 e. The number of thiophene rings is 1. The number of esters is 1. The first-order valence-corrected chi connectivity index (χ1v) is 11.8. The minimum Gasteiger partial charge on any atom is -0.462 e. The van der Waals surface area contributed by atoms with E-state index in [0.29, 0.717) is 30.0 Å². The molecule has 29 heavy (non-hydrogen) atoms. The molecule has 2 aromatic rings. The summed E-state index contributed by atoms with van der Waals surface area (Å²) in [6.07, 6.45) is 1.18. The number of nitrogens with one attached hydrogen (secondary N) is 1. The van der Waals surface area contributed by atoms with Gasteiger partial charge in [0, 0.05) is 13.1 Å². The van der Waals surface area contributed by atoms with Gasteiger partial charge in [0.1, 0.15) is 5.00 Å². The Hall–Kier alpha value is -2.23. The van der Waals surface area contributed by atoms with Crippen LogP contribution in [0.2, 0.25) is 0 Å². The Bertz CT molecular complexity index is 983. The standard InChI is InChI=1S/C20H24N2O5S2/c1-3-27-20(24)17-10-12-28-19(17)21-18(23)15-5-4-11-22(13-15)29(25,26)16-8-6-14(2)7-9-16/h6-10,12,15H,3-5,11,13H2,1-2H3,(H,21,23). The van der Waals surface area contributed by atoms with E-state index >= 15 is 0 Å². The molecule has 0 aliphatic carbocycles. The Morgan fingerprint density at radius 2 is 1.97 bits per heavy atom. The molecule has 1 aromatic carbocycles. The number of sulfonamides is 1. The van der Waals surface area contributed by atoms with Crippen molar-refractivity contribution in [3.8, 4) is 0 Å². The first-order valence-electron chi connectivity index (χ1n) is 9.45. The molecule has 0 radical (unpaired) electrons. The van der Waals surface area contributed by atoms with Crippen molar-refractivity contribution in [1.82, 2.24) is 4.31 Å². The zero-order chi connectivity index (χ0) is 21.0. The van der Waals surface area contributed by atoms with Crippen molar-refractivity contribution in [2.45, 2.75) is 31.6 Å². The van der Waals surface area contributed by atoms with Gasteiger partial charge in [0.05, 0.1) is 23.0 Å². The molecule has 0 saturated carbocycles. The van der Waals surface area contributed by atoms with E-state index in [9.17, 15) is 18.0 Å². The molecule has 2 heterocycles. The van der Waals surface area contributed by atoms with Crippen LogP contribution < -0.4 is 5.32 Å². The smallest absolute Gasteiger partial charge is 0.341 e. The highest BCUT2D eigenvalue weighted by molar-refractivity contribution is 7.89. The molecule has 1 unspecified atom stereocenters. The molecule has 1 aliphatic heterocycles. The van der Waals surface area contributed by atoms with Crippen LogP contribution in [0.5, 0.6) is 0 Å². The summed E-state index contributed by atoms with van der Waals surface area (Å²) in [5, 5.41) is 4.90. The molecular formula is C20H24N2O5S2. The molecule has 0 bridgehead atoms. The molecule has 1 atom stereocenters. The first kappa shape index (κ1) is 21.5. The number of hydrogen-bond donors (Lipinski definition) is 1. The van der Waals surface area contributed by atoms with E-state index < -0.39 is 21.9 Å². The Balaban J connectivity index is 1.71. The van der Waals surface area contributed by atoms with Crippen molar-refractivity contribution in [3.05, 3.63) is 46.8 Å². The van der Waals surface area contributed by atoms with Crippen LogP contribution in [-0.4, -0.2) is 44.3 Å². The molecule has 1 amide bonds. The lowest BCUT2D eigenvalue weighted by atomic mass is 9.99. The number of nitrogens with zero attached hydrogens (tertiary/aromatic N) is 1. The van der Waals surface area contributed by atoms with Gasteiger partial charge in [-0.25, -0.2) is 13.2 Å². The Morgan fingerprint density at radius 3 is 2.66 bits per heavy atom. The summed E-state index contributed by atoms with van der Waals surface area (Å²) in [6, 6.07) is 8.30. The van der Waals surface area contributed by atoms with Gasteiger partial charge in [0.2, 0.25) is 15.9 Å². The van der Waals surface area contributed by atoms with Crippen LogP contribution >= 0.6 is 11.3 Å². The maximum atomic E-state index is 12.9. The van der Waals surface area contributed by atoms with Gasteiger partial charge in [0.25, 0.3) is 0 Å². The third-order valence-electron chi connectivity index (χ3n) is 4.81.